The number of rotatable bonds is 6. The van der Waals surface area contributed by atoms with Crippen LogP contribution in [0.2, 0.25) is 0 Å². The molecule has 0 radical (unpaired) electrons. The minimum Gasteiger partial charge on any atom is -0.469 e. The van der Waals surface area contributed by atoms with Gasteiger partial charge in [0, 0.05) is 6.54 Å². The number of esters is 1. The zero-order valence-corrected chi connectivity index (χ0v) is 15.0. The first kappa shape index (κ1) is 19.4. The van der Waals surface area contributed by atoms with Crippen molar-refractivity contribution in [2.24, 2.45) is 5.73 Å². The summed E-state index contributed by atoms with van der Waals surface area (Å²) in [5, 5.41) is 1.90. The number of hydrogen-bond donors (Lipinski definition) is 2. The Labute approximate surface area is 152 Å². The van der Waals surface area contributed by atoms with E-state index >= 15 is 0 Å². The van der Waals surface area contributed by atoms with Crippen LogP contribution < -0.4 is 16.6 Å². The molecule has 0 spiro atoms. The van der Waals surface area contributed by atoms with Crippen molar-refractivity contribution in [1.82, 2.24) is 14.9 Å². The molecule has 138 valence electrons. The molecule has 3 amide bonds. The highest BCUT2D eigenvalue weighted by atomic mass is 32.2. The van der Waals surface area contributed by atoms with Gasteiger partial charge in [-0.3, -0.25) is 24.3 Å². The molecule has 0 fully saturated rings. The second-order valence-corrected chi connectivity index (χ2v) is 6.62. The molecular weight excluding hydrogens is 360 g/mol. The highest BCUT2D eigenvalue weighted by Gasteiger charge is 2.20. The Morgan fingerprint density at radius 3 is 2.69 bits per heavy atom. The second kappa shape index (κ2) is 8.48. The number of ether oxygens (including phenoxy) is 1. The molecule has 0 aliphatic rings. The first-order chi connectivity index (χ1) is 12.3. The lowest BCUT2D eigenvalue weighted by molar-refractivity contribution is -0.140. The van der Waals surface area contributed by atoms with Gasteiger partial charge in [0.25, 0.3) is 5.56 Å². The quantitative estimate of drug-likeness (QED) is 0.428. The van der Waals surface area contributed by atoms with Crippen molar-refractivity contribution in [3.63, 3.8) is 0 Å². The maximum atomic E-state index is 12.8. The third kappa shape index (κ3) is 4.60. The summed E-state index contributed by atoms with van der Waals surface area (Å²) in [5.41, 5.74) is 5.09. The van der Waals surface area contributed by atoms with Crippen LogP contribution >= 0.6 is 11.8 Å². The summed E-state index contributed by atoms with van der Waals surface area (Å²) in [6.07, 6.45) is -0.0220. The molecule has 0 saturated heterocycles. The van der Waals surface area contributed by atoms with Crippen LogP contribution in [0.5, 0.6) is 0 Å². The van der Waals surface area contributed by atoms with Gasteiger partial charge in [-0.1, -0.05) is 23.9 Å². The number of primary amides is 1. The van der Waals surface area contributed by atoms with Crippen LogP contribution in [0.3, 0.4) is 0 Å². The van der Waals surface area contributed by atoms with Gasteiger partial charge in [0.15, 0.2) is 5.16 Å². The van der Waals surface area contributed by atoms with E-state index in [0.29, 0.717) is 10.9 Å². The fourth-order valence-corrected chi connectivity index (χ4v) is 3.11. The van der Waals surface area contributed by atoms with Crippen LogP contribution in [0.1, 0.15) is 13.3 Å². The van der Waals surface area contributed by atoms with Crippen LogP contribution in [-0.4, -0.2) is 39.8 Å². The van der Waals surface area contributed by atoms with Crippen LogP contribution in [-0.2, 0) is 20.9 Å². The molecule has 1 atom stereocenters. The van der Waals surface area contributed by atoms with E-state index in [1.54, 1.807) is 31.2 Å². The summed E-state index contributed by atoms with van der Waals surface area (Å²) in [6.45, 7) is 1.60. The number of benzene rings is 1. The summed E-state index contributed by atoms with van der Waals surface area (Å²) in [5.74, 6) is -1.08. The molecule has 0 aliphatic heterocycles. The fraction of sp³-hybridized carbons (Fsp3) is 0.312. The Balaban J connectivity index is 2.41. The largest absolute Gasteiger partial charge is 0.469 e. The minimum atomic E-state index is -0.961. The molecule has 1 aromatic heterocycles. The van der Waals surface area contributed by atoms with Gasteiger partial charge in [-0.2, -0.15) is 0 Å². The van der Waals surface area contributed by atoms with Gasteiger partial charge < -0.3 is 10.5 Å². The molecule has 0 bridgehead atoms. The van der Waals surface area contributed by atoms with Crippen molar-refractivity contribution in [3.8, 4) is 0 Å². The molecule has 10 heteroatoms. The zero-order chi connectivity index (χ0) is 19.3. The number of imide groups is 1. The fourth-order valence-electron chi connectivity index (χ4n) is 2.17. The number of para-hydroxylation sites is 1. The second-order valence-electron chi connectivity index (χ2n) is 5.31. The van der Waals surface area contributed by atoms with Gasteiger partial charge in [-0.15, -0.1) is 0 Å². The number of hydrogen-bond acceptors (Lipinski definition) is 7. The van der Waals surface area contributed by atoms with E-state index in [-0.39, 0.29) is 23.7 Å². The summed E-state index contributed by atoms with van der Waals surface area (Å²) in [7, 11) is 1.26. The number of methoxy groups -OCH3 is 1. The standard InChI is InChI=1S/C16H18N4O5S/c1-9(13(22)19-15(17)24)26-16-18-11-6-4-3-5-10(11)14(23)20(16)8-7-12(21)25-2/h3-6,9H,7-8H2,1-2H3,(H3,17,19,22,24)/t9-/m1/s1. The van der Waals surface area contributed by atoms with Gasteiger partial charge >= 0.3 is 12.0 Å². The Kier molecular flexibility index (Phi) is 6.34. The molecule has 3 N–H and O–H groups in total. The van der Waals surface area contributed by atoms with Gasteiger partial charge in [0.1, 0.15) is 0 Å². The first-order valence-corrected chi connectivity index (χ1v) is 8.54. The van der Waals surface area contributed by atoms with Gasteiger partial charge in [-0.25, -0.2) is 9.78 Å². The lowest BCUT2D eigenvalue weighted by atomic mass is 10.2. The first-order valence-electron chi connectivity index (χ1n) is 7.66. The Morgan fingerprint density at radius 2 is 2.04 bits per heavy atom. The molecule has 0 aliphatic carbocycles. The lowest BCUT2D eigenvalue weighted by Crippen LogP contribution is -2.39. The molecule has 2 rings (SSSR count). The number of fused-ring (bicyclic) bond motifs is 1. The average Bonchev–Trinajstić information content (AvgIpc) is 2.60. The van der Waals surface area contributed by atoms with Crippen LogP contribution in [0, 0.1) is 0 Å². The predicted octanol–water partition coefficient (Wildman–Crippen LogP) is 0.635. The Hall–Kier alpha value is -2.88. The smallest absolute Gasteiger partial charge is 0.318 e. The predicted molar refractivity (Wildman–Crippen MR) is 95.7 cm³/mol. The number of nitrogens with two attached hydrogens (primary N) is 1. The molecule has 0 saturated carbocycles. The summed E-state index contributed by atoms with van der Waals surface area (Å²) in [6, 6.07) is 5.81. The number of nitrogens with one attached hydrogen (secondary N) is 1. The summed E-state index contributed by atoms with van der Waals surface area (Å²) in [4.78, 5) is 51.4. The van der Waals surface area contributed by atoms with Crippen molar-refractivity contribution in [1.29, 1.82) is 0 Å². The number of carbonyl (C=O) groups is 3. The van der Waals surface area contributed by atoms with Crippen molar-refractivity contribution in [2.45, 2.75) is 30.3 Å². The normalized spacial score (nSPS) is 11.8. The van der Waals surface area contributed by atoms with E-state index in [9.17, 15) is 19.2 Å². The molecule has 26 heavy (non-hydrogen) atoms. The maximum Gasteiger partial charge on any atom is 0.318 e. The third-order valence-corrected chi connectivity index (χ3v) is 4.58. The highest BCUT2D eigenvalue weighted by molar-refractivity contribution is 8.00. The van der Waals surface area contributed by atoms with Crippen molar-refractivity contribution < 1.29 is 19.1 Å². The topological polar surface area (TPSA) is 133 Å². The third-order valence-electron chi connectivity index (χ3n) is 3.49. The SMILES string of the molecule is COC(=O)CCn1c(S[C@H](C)C(=O)NC(N)=O)nc2ccccc2c1=O. The summed E-state index contributed by atoms with van der Waals surface area (Å²) < 4.78 is 5.92. The van der Waals surface area contributed by atoms with Gasteiger partial charge in [0.2, 0.25) is 5.91 Å². The van der Waals surface area contributed by atoms with E-state index < -0.39 is 23.2 Å². The number of nitrogens with zero attached hydrogens (tertiary/aromatic N) is 2. The molecular formula is C16H18N4O5S. The molecule has 9 nitrogen and oxygen atoms in total. The highest BCUT2D eigenvalue weighted by Crippen LogP contribution is 2.23. The van der Waals surface area contributed by atoms with E-state index in [1.807, 2.05) is 5.32 Å². The zero-order valence-electron chi connectivity index (χ0n) is 14.2. The average molecular weight is 378 g/mol. The van der Waals surface area contributed by atoms with E-state index in [0.717, 1.165) is 11.8 Å². The van der Waals surface area contributed by atoms with Gasteiger partial charge in [0.05, 0.1) is 29.7 Å². The molecule has 2 aromatic rings. The van der Waals surface area contributed by atoms with E-state index in [1.165, 1.54) is 11.7 Å². The number of thioether (sulfide) groups is 1. The monoisotopic (exact) mass is 378 g/mol. The summed E-state index contributed by atoms with van der Waals surface area (Å²) >= 11 is 0.988. The van der Waals surface area contributed by atoms with Crippen LogP contribution in [0.15, 0.2) is 34.2 Å². The number of amides is 3. The van der Waals surface area contributed by atoms with Gasteiger partial charge in [-0.05, 0) is 19.1 Å². The number of carbonyl (C=O) groups excluding carboxylic acids is 3. The van der Waals surface area contributed by atoms with Crippen LogP contribution in [0.4, 0.5) is 4.79 Å². The van der Waals surface area contributed by atoms with Crippen molar-refractivity contribution in [2.75, 3.05) is 7.11 Å². The Bertz CT molecular complexity index is 911. The maximum absolute atomic E-state index is 12.8. The lowest BCUT2D eigenvalue weighted by Gasteiger charge is -2.15. The number of aromatic nitrogens is 2. The van der Waals surface area contributed by atoms with E-state index in [2.05, 4.69) is 9.72 Å². The minimum absolute atomic E-state index is 0.0220. The van der Waals surface area contributed by atoms with Crippen LogP contribution in [0.25, 0.3) is 10.9 Å². The van der Waals surface area contributed by atoms with Crippen molar-refractivity contribution >= 4 is 40.6 Å². The van der Waals surface area contributed by atoms with E-state index in [4.69, 9.17) is 5.73 Å². The Morgan fingerprint density at radius 1 is 1.35 bits per heavy atom. The molecule has 1 heterocycles. The molecule has 0 unspecified atom stereocenters. The molecule has 1 aromatic carbocycles. The number of urea groups is 1. The van der Waals surface area contributed by atoms with Crippen molar-refractivity contribution in [3.05, 3.63) is 34.6 Å².